The van der Waals surface area contributed by atoms with Crippen LogP contribution in [-0.2, 0) is 161 Å². The van der Waals surface area contributed by atoms with Crippen LogP contribution in [0, 0.1) is 0 Å². The van der Waals surface area contributed by atoms with Crippen LogP contribution >= 0.6 is 0 Å². The predicted octanol–water partition coefficient (Wildman–Crippen LogP) is -1.57. The molecule has 107 heavy (non-hydrogen) atoms. The maximum atomic E-state index is 14.0. The minimum absolute atomic E-state index is 0.0716. The highest BCUT2D eigenvalue weighted by atomic mass is 16.8. The Morgan fingerprint density at radius 1 is 0.262 bits per heavy atom. The molecule has 1 N–H and O–H groups in total. The first kappa shape index (κ1) is 86.4. The fourth-order valence-corrected chi connectivity index (χ4v) is 16.0. The number of hydrogen-bond donors (Lipinski definition) is 1. The summed E-state index contributed by atoms with van der Waals surface area (Å²) in [6.45, 7) is -1.78. The Bertz CT molecular complexity index is 2790. The second-order valence-corrected chi connectivity index (χ2v) is 26.5. The summed E-state index contributed by atoms with van der Waals surface area (Å²) in [5, 5.41) is 12.1. The normalized spacial score (nSPS) is 43.7. The third kappa shape index (κ3) is 17.9. The van der Waals surface area contributed by atoms with E-state index in [0.717, 1.165) is 0 Å². The molecular weight excluding hydrogens is 1430 g/mol. The van der Waals surface area contributed by atoms with E-state index in [4.69, 9.17) is 161 Å². The molecule has 1 aromatic rings. The molecule has 1 aromatic carbocycles. The number of hydroxylamine groups is 2. The maximum absolute atomic E-state index is 14.0. The highest BCUT2D eigenvalue weighted by Crippen LogP contribution is 2.43. The zero-order chi connectivity index (χ0) is 76.9. The van der Waals surface area contributed by atoms with Gasteiger partial charge in [0.15, 0.2) is 44.0 Å². The van der Waals surface area contributed by atoms with E-state index in [1.165, 1.54) is 147 Å². The van der Waals surface area contributed by atoms with E-state index < -0.39 is 240 Å². The number of imide groups is 1. The van der Waals surface area contributed by atoms with E-state index in [-0.39, 0.29) is 44.2 Å². The molecule has 21 saturated heterocycles. The molecule has 23 rings (SSSR count). The molecule has 614 valence electrons. The quantitative estimate of drug-likeness (QED) is 0.0927. The fraction of sp³-hybridized carbons (Fsp3) is 0.884. The van der Waals surface area contributed by atoms with Gasteiger partial charge in [-0.25, -0.2) is 0 Å². The lowest BCUT2D eigenvalue weighted by Crippen LogP contribution is -2.69. The maximum Gasteiger partial charge on any atom is 0.285 e. The molecule has 0 aromatic heterocycles. The molecule has 22 heterocycles. The SMILES string of the molecule is COC[C@H]1O[C@@H]2O[C@H]3[C@H](OC)[C@@H](OC)[C@@H](O[C@H]4[C@H](OC)[C@@H](OC)[C@@H](O[C@H]5[C@H](OC)[C@@H](OC)[C@@H](O[C@H]6[C@H](OC)[C@@H](OC)[C@H](O[C@@H]6COC)O[C@H]6C(OC)[C@@H](OC)[C@@H](O[C@H]7[C@H](OC)C(OC)[C@@H](O[C@H]1[C@H](OC)[C@H]2OC)O[C@@H]7COC)O[C@@H]6COC)O[C@@H]5CON1C(=O)c2ccccc2C1=O)O[C@@H]4CO)O[C@@H]3COC. The van der Waals surface area contributed by atoms with Crippen molar-refractivity contribution in [3.8, 4) is 0 Å². The summed E-state index contributed by atoms with van der Waals surface area (Å²) in [5.41, 5.74) is 0.222. The molecule has 22 aliphatic rings. The summed E-state index contributed by atoms with van der Waals surface area (Å²) in [6, 6.07) is 6.26. The van der Waals surface area contributed by atoms with E-state index in [1.807, 2.05) is 0 Å². The number of aliphatic hydroxyl groups excluding tert-OH is 1. The van der Waals surface area contributed by atoms with Crippen molar-refractivity contribution in [3.05, 3.63) is 35.4 Å². The van der Waals surface area contributed by atoms with Gasteiger partial charge in [0, 0.05) is 135 Å². The first-order valence-electron chi connectivity index (χ1n) is 35.3. The van der Waals surface area contributed by atoms with Crippen molar-refractivity contribution in [2.45, 2.75) is 215 Å². The van der Waals surface area contributed by atoms with Gasteiger partial charge in [0.05, 0.1) is 50.8 Å². The first-order chi connectivity index (χ1) is 52.0. The molecule has 2 unspecified atom stereocenters. The Hall–Kier alpha value is -3.04. The minimum atomic E-state index is -1.48. The number of rotatable bonds is 28. The Balaban J connectivity index is 1.07. The van der Waals surface area contributed by atoms with Gasteiger partial charge in [0.25, 0.3) is 11.8 Å². The Kier molecular flexibility index (Phi) is 32.9. The highest BCUT2D eigenvalue weighted by molar-refractivity contribution is 6.20. The van der Waals surface area contributed by atoms with Crippen LogP contribution in [0.3, 0.4) is 0 Å². The molecule has 0 spiro atoms. The predicted molar refractivity (Wildman–Crippen MR) is 355 cm³/mol. The third-order valence-corrected chi connectivity index (χ3v) is 20.9. The fourth-order valence-electron chi connectivity index (χ4n) is 16.0. The van der Waals surface area contributed by atoms with Crippen LogP contribution in [0.2, 0.25) is 0 Å². The monoisotopic (exact) mass is 1550 g/mol. The number of benzene rings is 1. The van der Waals surface area contributed by atoms with Crippen molar-refractivity contribution in [2.75, 3.05) is 181 Å². The zero-order valence-corrected chi connectivity index (χ0v) is 64.1. The summed E-state index contributed by atoms with van der Waals surface area (Å²) in [5.74, 6) is -1.47. The van der Waals surface area contributed by atoms with Crippen LogP contribution in [-0.4, -0.2) is 418 Å². The van der Waals surface area contributed by atoms with Crippen LogP contribution in [0.25, 0.3) is 0 Å². The molecule has 0 saturated carbocycles. The molecule has 0 radical (unpaired) electrons. The number of carbonyl (C=O) groups excluding carboxylic acids is 2. The number of carbonyl (C=O) groups is 2. The van der Waals surface area contributed by atoms with E-state index in [1.54, 1.807) is 12.1 Å². The Morgan fingerprint density at radius 2 is 0.439 bits per heavy atom. The van der Waals surface area contributed by atoms with Crippen molar-refractivity contribution in [2.24, 2.45) is 0 Å². The number of methoxy groups -OCH3 is 19. The van der Waals surface area contributed by atoms with Gasteiger partial charge in [0.2, 0.25) is 0 Å². The molecule has 0 aliphatic carbocycles. The standard InChI is InChI=1S/C69H111NO37/c1-74-25-34-41-48(80-7)55(87-14)64(95-34)101-40-33(24-71)94-63(54(86-13)47(40)79-6)107-46-39(30-93-70-61(72)31-22-20-21-23-32(31)62(70)73)100-69(60(92-19)53(46)85-12)106-45-38(29-78-5)99-68(59(91-18)52(45)84-11)105-44-37(28-77-4)98-67(58(90-17)51(44)83-10)104-43-36(27-76-3)97-66(57(89-16)50(43)82-9)103-42-35(26-75-2)96-65(102-41)56(88-15)49(42)81-8/h20-23,33-60,63-69,71H,24-30H2,1-19H3/t33-,34-,35-,36-,37-,38-,39-,40-,41-,42-,43-,44-,45-,46-,47+,48+,49+,50+,51?,52+,53+,54-,55-,56-,57?,58-,59-,60-,63-,64-,65-,66-,67-,68-,69-/m1/s1. The molecule has 38 heteroatoms. The van der Waals surface area contributed by atoms with Crippen molar-refractivity contribution >= 4 is 11.8 Å². The lowest BCUT2D eigenvalue weighted by Gasteiger charge is -2.52. The number of ether oxygens (including phenoxy) is 33. The summed E-state index contributed by atoms with van der Waals surface area (Å²) in [4.78, 5) is 34.1. The molecule has 2 amide bonds. The van der Waals surface area contributed by atoms with Crippen molar-refractivity contribution in [1.82, 2.24) is 5.06 Å². The van der Waals surface area contributed by atoms with E-state index in [2.05, 4.69) is 0 Å². The van der Waals surface area contributed by atoms with Crippen LogP contribution in [0.4, 0.5) is 0 Å². The number of aliphatic hydroxyl groups is 1. The summed E-state index contributed by atoms with van der Waals surface area (Å²) >= 11 is 0. The molecular formula is C69H111NO37. The van der Waals surface area contributed by atoms with Crippen LogP contribution in [0.5, 0.6) is 0 Å². The number of nitrogens with zero attached hydrogens (tertiary/aromatic N) is 1. The van der Waals surface area contributed by atoms with Gasteiger partial charge < -0.3 is 161 Å². The first-order valence-corrected chi connectivity index (χ1v) is 35.3. The van der Waals surface area contributed by atoms with Gasteiger partial charge >= 0.3 is 0 Å². The largest absolute Gasteiger partial charge is 0.394 e. The highest BCUT2D eigenvalue weighted by Gasteiger charge is 2.62. The topological polar surface area (TPSA) is 371 Å². The van der Waals surface area contributed by atoms with Gasteiger partial charge in [0.1, 0.15) is 178 Å². The molecule has 21 fully saturated rings. The Labute approximate surface area is 622 Å². The Morgan fingerprint density at radius 3 is 0.617 bits per heavy atom. The van der Waals surface area contributed by atoms with E-state index in [9.17, 15) is 14.7 Å². The summed E-state index contributed by atoms with van der Waals surface area (Å²) in [6.07, 6.45) is -40.6. The number of amides is 2. The van der Waals surface area contributed by atoms with Gasteiger partial charge in [-0.3, -0.25) is 14.4 Å². The summed E-state index contributed by atoms with van der Waals surface area (Å²) in [7, 11) is 27.7. The lowest BCUT2D eigenvalue weighted by molar-refractivity contribution is -0.403. The third-order valence-electron chi connectivity index (χ3n) is 20.9. The van der Waals surface area contributed by atoms with Gasteiger partial charge in [-0.2, -0.15) is 0 Å². The zero-order valence-electron chi connectivity index (χ0n) is 64.1. The summed E-state index contributed by atoms with van der Waals surface area (Å²) < 4.78 is 214. The van der Waals surface area contributed by atoms with Crippen LogP contribution in [0.1, 0.15) is 20.7 Å². The average molecular weight is 1550 g/mol. The second kappa shape index (κ2) is 40.8. The molecule has 22 aliphatic heterocycles. The average Bonchev–Trinajstić information content (AvgIpc) is 1.42. The molecule has 35 atom stereocenters. The smallest absolute Gasteiger partial charge is 0.285 e. The van der Waals surface area contributed by atoms with Crippen molar-refractivity contribution in [3.63, 3.8) is 0 Å². The number of fused-ring (bicyclic) bond motifs is 1. The number of hydrogen-bond acceptors (Lipinski definition) is 37. The van der Waals surface area contributed by atoms with E-state index in [0.29, 0.717) is 5.06 Å². The van der Waals surface area contributed by atoms with Crippen LogP contribution < -0.4 is 0 Å². The van der Waals surface area contributed by atoms with Gasteiger partial charge in [-0.15, -0.1) is 5.06 Å². The van der Waals surface area contributed by atoms with E-state index >= 15 is 0 Å². The second-order valence-electron chi connectivity index (χ2n) is 26.5. The van der Waals surface area contributed by atoms with Gasteiger partial charge in [-0.05, 0) is 12.1 Å². The van der Waals surface area contributed by atoms with Crippen LogP contribution in [0.15, 0.2) is 24.3 Å². The van der Waals surface area contributed by atoms with Crippen molar-refractivity contribution < 1.29 is 176 Å². The minimum Gasteiger partial charge on any atom is -0.394 e. The van der Waals surface area contributed by atoms with Gasteiger partial charge in [-0.1, -0.05) is 12.1 Å². The van der Waals surface area contributed by atoms with Crippen molar-refractivity contribution in [1.29, 1.82) is 0 Å². The lowest BCUT2D eigenvalue weighted by atomic mass is 9.94. The molecule has 38 nitrogen and oxygen atoms in total. The molecule has 14 bridgehead atoms.